The molecule has 2 aliphatic rings. The van der Waals surface area contributed by atoms with E-state index in [1.807, 2.05) is 24.8 Å². The van der Waals surface area contributed by atoms with Gasteiger partial charge in [0, 0.05) is 49.9 Å². The van der Waals surface area contributed by atoms with Crippen LogP contribution < -0.4 is 0 Å². The van der Waals surface area contributed by atoms with Crippen LogP contribution in [0.1, 0.15) is 56.4 Å². The van der Waals surface area contributed by atoms with Crippen molar-refractivity contribution in [3.8, 4) is 0 Å². The quantitative estimate of drug-likeness (QED) is 0.911. The molecule has 1 aliphatic heterocycles. The van der Waals surface area contributed by atoms with Crippen molar-refractivity contribution in [2.45, 2.75) is 39.7 Å². The maximum atomic E-state index is 12.9. The summed E-state index contributed by atoms with van der Waals surface area (Å²) in [5.41, 5.74) is 3.97. The van der Waals surface area contributed by atoms with Gasteiger partial charge < -0.3 is 14.4 Å². The van der Waals surface area contributed by atoms with Gasteiger partial charge in [-0.3, -0.25) is 14.5 Å². The lowest BCUT2D eigenvalue weighted by atomic mass is 9.93. The van der Waals surface area contributed by atoms with Gasteiger partial charge >= 0.3 is 0 Å². The van der Waals surface area contributed by atoms with Crippen LogP contribution in [0, 0.1) is 13.8 Å². The van der Waals surface area contributed by atoms with Crippen LogP contribution in [0.15, 0.2) is 10.6 Å². The Morgan fingerprint density at radius 2 is 2.00 bits per heavy atom. The van der Waals surface area contributed by atoms with Gasteiger partial charge in [-0.2, -0.15) is 0 Å². The van der Waals surface area contributed by atoms with E-state index in [4.69, 9.17) is 4.52 Å². The van der Waals surface area contributed by atoms with E-state index in [1.165, 1.54) is 0 Å². The van der Waals surface area contributed by atoms with Gasteiger partial charge in [0.15, 0.2) is 11.5 Å². The number of aryl methyl sites for hydroxylation is 2. The van der Waals surface area contributed by atoms with Crippen LogP contribution in [-0.2, 0) is 13.0 Å². The molecule has 4 rings (SSSR count). The molecule has 2 aromatic rings. The highest BCUT2D eigenvalue weighted by molar-refractivity contribution is 6.04. The average Bonchev–Trinajstić information content (AvgIpc) is 3.19. The van der Waals surface area contributed by atoms with Crippen LogP contribution in [0.4, 0.5) is 0 Å². The fraction of sp³-hybridized carbons (Fsp3) is 0.526. The Bertz CT molecular complexity index is 843. The fourth-order valence-electron chi connectivity index (χ4n) is 3.97. The Balaban J connectivity index is 1.42. The van der Waals surface area contributed by atoms with Crippen molar-refractivity contribution >= 4 is 11.7 Å². The third-order valence-corrected chi connectivity index (χ3v) is 5.37. The minimum atomic E-state index is -0.000130. The first-order valence-electron chi connectivity index (χ1n) is 9.21. The lowest BCUT2D eigenvalue weighted by Gasteiger charge is -2.34. The number of nitrogens with zero attached hydrogens (tertiary/aromatic N) is 3. The average molecular weight is 356 g/mol. The minimum Gasteiger partial charge on any atom is -0.360 e. The van der Waals surface area contributed by atoms with Crippen molar-refractivity contribution in [2.75, 3.05) is 26.2 Å². The lowest BCUT2D eigenvalue weighted by molar-refractivity contribution is 0.0611. The zero-order valence-electron chi connectivity index (χ0n) is 15.3. The summed E-state index contributed by atoms with van der Waals surface area (Å²) in [4.78, 5) is 32.5. The molecule has 1 N–H and O–H groups in total. The molecular formula is C19H24N4O3. The van der Waals surface area contributed by atoms with E-state index in [0.29, 0.717) is 31.7 Å². The molecule has 0 bridgehead atoms. The van der Waals surface area contributed by atoms with Gasteiger partial charge in [-0.05, 0) is 32.3 Å². The Morgan fingerprint density at radius 3 is 2.65 bits per heavy atom. The summed E-state index contributed by atoms with van der Waals surface area (Å²) in [5, 5.41) is 3.91. The van der Waals surface area contributed by atoms with Gasteiger partial charge in [-0.25, -0.2) is 0 Å². The number of nitrogens with one attached hydrogen (secondary N) is 1. The zero-order valence-corrected chi connectivity index (χ0v) is 15.3. The van der Waals surface area contributed by atoms with E-state index in [0.717, 1.165) is 54.2 Å². The van der Waals surface area contributed by atoms with Gasteiger partial charge in [0.25, 0.3) is 5.91 Å². The number of fused-ring (bicyclic) bond motifs is 1. The molecule has 0 saturated carbocycles. The Hall–Kier alpha value is -2.41. The van der Waals surface area contributed by atoms with Crippen molar-refractivity contribution in [1.29, 1.82) is 0 Å². The smallest absolute Gasteiger partial charge is 0.270 e. The first kappa shape index (κ1) is 17.0. The Morgan fingerprint density at radius 1 is 1.23 bits per heavy atom. The predicted molar refractivity (Wildman–Crippen MR) is 95.2 cm³/mol. The van der Waals surface area contributed by atoms with E-state index in [-0.39, 0.29) is 11.7 Å². The number of ketones is 1. The van der Waals surface area contributed by atoms with Crippen molar-refractivity contribution in [3.63, 3.8) is 0 Å². The third kappa shape index (κ3) is 3.07. The first-order valence-corrected chi connectivity index (χ1v) is 9.21. The number of aromatic nitrogens is 2. The van der Waals surface area contributed by atoms with Crippen LogP contribution >= 0.6 is 0 Å². The number of H-pyrrole nitrogens is 1. The van der Waals surface area contributed by atoms with Gasteiger partial charge in [-0.15, -0.1) is 0 Å². The molecule has 138 valence electrons. The topological polar surface area (TPSA) is 82.4 Å². The maximum absolute atomic E-state index is 12.9. The minimum absolute atomic E-state index is 0.000130. The number of carbonyl (C=O) groups is 2. The molecule has 7 heteroatoms. The van der Waals surface area contributed by atoms with Crippen LogP contribution in [0.3, 0.4) is 0 Å². The molecule has 0 unspecified atom stereocenters. The number of amides is 1. The first-order chi connectivity index (χ1) is 12.5. The molecule has 0 radical (unpaired) electrons. The van der Waals surface area contributed by atoms with Crippen LogP contribution in [0.2, 0.25) is 0 Å². The van der Waals surface area contributed by atoms with Gasteiger partial charge in [0.1, 0.15) is 5.69 Å². The highest BCUT2D eigenvalue weighted by Gasteiger charge is 2.30. The monoisotopic (exact) mass is 356 g/mol. The Labute approximate surface area is 152 Å². The summed E-state index contributed by atoms with van der Waals surface area (Å²) in [6.07, 6.45) is 2.29. The third-order valence-electron chi connectivity index (χ3n) is 5.37. The highest BCUT2D eigenvalue weighted by Crippen LogP contribution is 2.27. The molecule has 3 heterocycles. The van der Waals surface area contributed by atoms with Crippen molar-refractivity contribution in [1.82, 2.24) is 19.9 Å². The second-order valence-corrected chi connectivity index (χ2v) is 7.26. The number of aromatic amines is 1. The summed E-state index contributed by atoms with van der Waals surface area (Å²) in [5.74, 6) is 1.01. The van der Waals surface area contributed by atoms with E-state index >= 15 is 0 Å². The van der Waals surface area contributed by atoms with Crippen LogP contribution in [0.25, 0.3) is 0 Å². The van der Waals surface area contributed by atoms with Gasteiger partial charge in [-0.1, -0.05) is 5.16 Å². The van der Waals surface area contributed by atoms with E-state index in [2.05, 4.69) is 15.0 Å². The summed E-state index contributed by atoms with van der Waals surface area (Å²) < 4.78 is 5.27. The zero-order chi connectivity index (χ0) is 18.3. The lowest BCUT2D eigenvalue weighted by Crippen LogP contribution is -2.48. The second-order valence-electron chi connectivity index (χ2n) is 7.26. The summed E-state index contributed by atoms with van der Waals surface area (Å²) in [6, 6.07) is 1.95. The highest BCUT2D eigenvalue weighted by atomic mass is 16.5. The van der Waals surface area contributed by atoms with Crippen molar-refractivity contribution in [2.24, 2.45) is 0 Å². The molecule has 0 aromatic carbocycles. The standard InChI is InChI=1S/C19H24N4O3/c1-12-10-14(26-21-12)11-22-6-8-23(9-7-22)19(25)18-13(2)17-15(20-18)4-3-5-16(17)24/h10,20H,3-9,11H2,1-2H3. The molecule has 1 fully saturated rings. The van der Waals surface area contributed by atoms with E-state index in [9.17, 15) is 9.59 Å². The normalized spacial score (nSPS) is 18.2. The number of carbonyl (C=O) groups excluding carboxylic acids is 2. The number of hydrogen-bond acceptors (Lipinski definition) is 5. The van der Waals surface area contributed by atoms with Crippen LogP contribution in [0.5, 0.6) is 0 Å². The summed E-state index contributed by atoms with van der Waals surface area (Å²) >= 11 is 0. The summed E-state index contributed by atoms with van der Waals surface area (Å²) in [6.45, 7) is 7.44. The number of hydrogen-bond donors (Lipinski definition) is 1. The SMILES string of the molecule is Cc1cc(CN2CCN(C(=O)c3[nH]c4c(c3C)C(=O)CCC4)CC2)on1. The number of rotatable bonds is 3. The van der Waals surface area contributed by atoms with Crippen molar-refractivity contribution < 1.29 is 14.1 Å². The molecule has 1 amide bonds. The molecule has 26 heavy (non-hydrogen) atoms. The van der Waals surface area contributed by atoms with Crippen molar-refractivity contribution in [3.05, 3.63) is 40.0 Å². The number of Topliss-reactive ketones (excluding diaryl/α,β-unsaturated/α-hetero) is 1. The predicted octanol–water partition coefficient (Wildman–Crippen LogP) is 2.10. The van der Waals surface area contributed by atoms with E-state index < -0.39 is 0 Å². The fourth-order valence-corrected chi connectivity index (χ4v) is 3.97. The van der Waals surface area contributed by atoms with Crippen LogP contribution in [-0.4, -0.2) is 57.8 Å². The molecule has 1 aliphatic carbocycles. The largest absolute Gasteiger partial charge is 0.360 e. The second kappa shape index (κ2) is 6.72. The van der Waals surface area contributed by atoms with Gasteiger partial charge in [0.2, 0.25) is 0 Å². The molecule has 1 saturated heterocycles. The molecule has 2 aromatic heterocycles. The molecule has 0 atom stereocenters. The summed E-state index contributed by atoms with van der Waals surface area (Å²) in [7, 11) is 0. The molecule has 7 nitrogen and oxygen atoms in total. The molecule has 0 spiro atoms. The Kier molecular flexibility index (Phi) is 4.40. The van der Waals surface area contributed by atoms with E-state index in [1.54, 1.807) is 0 Å². The number of piperazine rings is 1. The maximum Gasteiger partial charge on any atom is 0.270 e. The molecular weight excluding hydrogens is 332 g/mol. The van der Waals surface area contributed by atoms with Gasteiger partial charge in [0.05, 0.1) is 12.2 Å².